The monoisotopic (exact) mass is 536 g/mol. The number of piperazine rings is 1. The molecular formula is C24H30Cl2N6O2S. The zero-order valence-electron chi connectivity index (χ0n) is 19.9. The Kier molecular flexibility index (Phi) is 8.46. The Morgan fingerprint density at radius 2 is 1.74 bits per heavy atom. The van der Waals surface area contributed by atoms with Crippen LogP contribution in [0.4, 0.5) is 5.82 Å². The van der Waals surface area contributed by atoms with Gasteiger partial charge in [0.1, 0.15) is 16.5 Å². The van der Waals surface area contributed by atoms with Crippen molar-refractivity contribution in [3.8, 4) is 0 Å². The van der Waals surface area contributed by atoms with Crippen molar-refractivity contribution in [2.75, 3.05) is 58.7 Å². The molecule has 35 heavy (non-hydrogen) atoms. The number of benzene rings is 2. The molecule has 0 radical (unpaired) electrons. The van der Waals surface area contributed by atoms with Gasteiger partial charge in [0.25, 0.3) is 0 Å². The van der Waals surface area contributed by atoms with Crippen LogP contribution < -0.4 is 5.32 Å². The summed E-state index contributed by atoms with van der Waals surface area (Å²) in [6.07, 6.45) is 1.01. The minimum atomic E-state index is -3.72. The molecule has 2 aromatic carbocycles. The van der Waals surface area contributed by atoms with Crippen LogP contribution in [0.15, 0.2) is 47.4 Å². The Morgan fingerprint density at radius 3 is 2.49 bits per heavy atom. The Morgan fingerprint density at radius 1 is 1.00 bits per heavy atom. The highest BCUT2D eigenvalue weighted by Crippen LogP contribution is 2.31. The van der Waals surface area contributed by atoms with Crippen LogP contribution in [0, 0.1) is 0 Å². The SMILES string of the molecule is CN(C)CCCNc1nc(CN2CCN(S(=O)(=O)c3cccc(Cl)c3Cl)CC2)nc2ccccc12. The molecule has 1 saturated heterocycles. The molecule has 1 aromatic heterocycles. The molecule has 0 bridgehead atoms. The number of aromatic nitrogens is 2. The molecule has 1 aliphatic heterocycles. The molecule has 0 unspecified atom stereocenters. The van der Waals surface area contributed by atoms with Crippen molar-refractivity contribution in [1.82, 2.24) is 24.1 Å². The third-order valence-electron chi connectivity index (χ3n) is 5.95. The van der Waals surface area contributed by atoms with E-state index in [0.717, 1.165) is 36.2 Å². The molecule has 1 fully saturated rings. The van der Waals surface area contributed by atoms with Crippen LogP contribution in [0.5, 0.6) is 0 Å². The summed E-state index contributed by atoms with van der Waals surface area (Å²) in [6, 6.07) is 12.6. The molecule has 4 rings (SSSR count). The molecule has 0 spiro atoms. The third kappa shape index (κ3) is 6.22. The van der Waals surface area contributed by atoms with Crippen molar-refractivity contribution in [2.24, 2.45) is 0 Å². The number of halogens is 2. The summed E-state index contributed by atoms with van der Waals surface area (Å²) in [5.41, 5.74) is 0.893. The van der Waals surface area contributed by atoms with Crippen molar-refractivity contribution >= 4 is 49.9 Å². The number of para-hydroxylation sites is 1. The van der Waals surface area contributed by atoms with E-state index in [0.29, 0.717) is 38.5 Å². The van der Waals surface area contributed by atoms with Gasteiger partial charge < -0.3 is 10.2 Å². The zero-order chi connectivity index (χ0) is 25.0. The van der Waals surface area contributed by atoms with E-state index in [1.54, 1.807) is 12.1 Å². The molecule has 0 aliphatic carbocycles. The Balaban J connectivity index is 1.43. The highest BCUT2D eigenvalue weighted by atomic mass is 35.5. The Labute approximate surface area is 216 Å². The quantitative estimate of drug-likeness (QED) is 0.416. The first kappa shape index (κ1) is 26.1. The summed E-state index contributed by atoms with van der Waals surface area (Å²) >= 11 is 12.2. The van der Waals surface area contributed by atoms with E-state index in [4.69, 9.17) is 33.2 Å². The average Bonchev–Trinajstić information content (AvgIpc) is 2.83. The Bertz CT molecular complexity index is 1280. The van der Waals surface area contributed by atoms with Gasteiger partial charge in [-0.3, -0.25) is 4.90 Å². The number of hydrogen-bond donors (Lipinski definition) is 1. The van der Waals surface area contributed by atoms with Crippen LogP contribution >= 0.6 is 23.2 Å². The van der Waals surface area contributed by atoms with E-state index >= 15 is 0 Å². The maximum absolute atomic E-state index is 13.1. The van der Waals surface area contributed by atoms with Gasteiger partial charge in [-0.25, -0.2) is 18.4 Å². The van der Waals surface area contributed by atoms with Crippen LogP contribution in [0.1, 0.15) is 12.2 Å². The maximum atomic E-state index is 13.1. The smallest absolute Gasteiger partial charge is 0.244 e. The van der Waals surface area contributed by atoms with Gasteiger partial charge in [0.15, 0.2) is 0 Å². The number of nitrogens with one attached hydrogen (secondary N) is 1. The first-order valence-corrected chi connectivity index (χ1v) is 13.8. The van der Waals surface area contributed by atoms with Crippen LogP contribution in [0.25, 0.3) is 10.9 Å². The fourth-order valence-electron chi connectivity index (χ4n) is 4.08. The van der Waals surface area contributed by atoms with E-state index in [2.05, 4.69) is 29.2 Å². The van der Waals surface area contributed by atoms with E-state index in [1.807, 2.05) is 24.3 Å². The van der Waals surface area contributed by atoms with E-state index in [-0.39, 0.29) is 14.9 Å². The maximum Gasteiger partial charge on any atom is 0.244 e. The second-order valence-corrected chi connectivity index (χ2v) is 11.5. The topological polar surface area (TPSA) is 81.7 Å². The largest absolute Gasteiger partial charge is 0.369 e. The number of hydrogen-bond acceptors (Lipinski definition) is 7. The summed E-state index contributed by atoms with van der Waals surface area (Å²) in [4.78, 5) is 13.9. The summed E-state index contributed by atoms with van der Waals surface area (Å²) in [5.74, 6) is 1.55. The number of sulfonamides is 1. The summed E-state index contributed by atoms with van der Waals surface area (Å²) in [7, 11) is 0.404. The summed E-state index contributed by atoms with van der Waals surface area (Å²) in [6.45, 7) is 4.21. The lowest BCUT2D eigenvalue weighted by atomic mass is 10.2. The predicted octanol–water partition coefficient (Wildman–Crippen LogP) is 3.81. The first-order chi connectivity index (χ1) is 16.8. The number of anilines is 1. The van der Waals surface area contributed by atoms with Gasteiger partial charge in [-0.1, -0.05) is 41.4 Å². The Hall–Kier alpha value is -2.01. The molecule has 1 aliphatic rings. The minimum absolute atomic E-state index is 0.0444. The van der Waals surface area contributed by atoms with E-state index in [9.17, 15) is 8.42 Å². The average molecular weight is 538 g/mol. The fraction of sp³-hybridized carbons (Fsp3) is 0.417. The molecule has 0 saturated carbocycles. The lowest BCUT2D eigenvalue weighted by Gasteiger charge is -2.33. The molecule has 3 aromatic rings. The van der Waals surface area contributed by atoms with Crippen LogP contribution in [-0.2, 0) is 16.6 Å². The van der Waals surface area contributed by atoms with E-state index < -0.39 is 10.0 Å². The van der Waals surface area contributed by atoms with Gasteiger partial charge >= 0.3 is 0 Å². The van der Waals surface area contributed by atoms with Crippen molar-refractivity contribution < 1.29 is 8.42 Å². The molecule has 8 nitrogen and oxygen atoms in total. The van der Waals surface area contributed by atoms with Gasteiger partial charge in [0, 0.05) is 38.1 Å². The normalized spacial score (nSPS) is 15.7. The summed E-state index contributed by atoms with van der Waals surface area (Å²) in [5, 5.41) is 4.75. The van der Waals surface area contributed by atoms with Gasteiger partial charge in [-0.2, -0.15) is 4.31 Å². The van der Waals surface area contributed by atoms with Crippen LogP contribution in [0.3, 0.4) is 0 Å². The van der Waals surface area contributed by atoms with Crippen molar-refractivity contribution in [2.45, 2.75) is 17.9 Å². The van der Waals surface area contributed by atoms with Crippen LogP contribution in [-0.4, -0.2) is 85.9 Å². The third-order valence-corrected chi connectivity index (χ3v) is 8.83. The number of nitrogens with zero attached hydrogens (tertiary/aromatic N) is 5. The lowest BCUT2D eigenvalue weighted by molar-refractivity contribution is 0.178. The zero-order valence-corrected chi connectivity index (χ0v) is 22.2. The highest BCUT2D eigenvalue weighted by molar-refractivity contribution is 7.89. The lowest BCUT2D eigenvalue weighted by Crippen LogP contribution is -2.48. The van der Waals surface area contributed by atoms with Gasteiger partial charge in [-0.15, -0.1) is 0 Å². The molecule has 2 heterocycles. The van der Waals surface area contributed by atoms with Gasteiger partial charge in [0.2, 0.25) is 10.0 Å². The molecule has 0 atom stereocenters. The first-order valence-electron chi connectivity index (χ1n) is 11.6. The minimum Gasteiger partial charge on any atom is -0.369 e. The molecule has 11 heteroatoms. The molecule has 1 N–H and O–H groups in total. The van der Waals surface area contributed by atoms with Gasteiger partial charge in [-0.05, 0) is 51.3 Å². The molecule has 0 amide bonds. The molecular weight excluding hydrogens is 507 g/mol. The molecule has 188 valence electrons. The van der Waals surface area contributed by atoms with Crippen molar-refractivity contribution in [3.63, 3.8) is 0 Å². The van der Waals surface area contributed by atoms with Gasteiger partial charge in [0.05, 0.1) is 22.1 Å². The summed E-state index contributed by atoms with van der Waals surface area (Å²) < 4.78 is 27.7. The van der Waals surface area contributed by atoms with Crippen LogP contribution in [0.2, 0.25) is 10.0 Å². The van der Waals surface area contributed by atoms with Crippen molar-refractivity contribution in [1.29, 1.82) is 0 Å². The number of rotatable bonds is 9. The van der Waals surface area contributed by atoms with E-state index in [1.165, 1.54) is 10.4 Å². The fourth-order valence-corrected chi connectivity index (χ4v) is 6.24. The predicted molar refractivity (Wildman–Crippen MR) is 142 cm³/mol. The second-order valence-electron chi connectivity index (χ2n) is 8.82. The standard InChI is InChI=1S/C24H30Cl2N6O2S/c1-30(2)12-6-11-27-24-18-7-3-4-9-20(18)28-22(29-24)17-31-13-15-32(16-14-31)35(33,34)21-10-5-8-19(25)23(21)26/h3-5,7-10H,6,11-17H2,1-2H3,(H,27,28,29). The highest BCUT2D eigenvalue weighted by Gasteiger charge is 2.31. The van der Waals surface area contributed by atoms with Crippen molar-refractivity contribution in [3.05, 3.63) is 58.3 Å². The second kappa shape index (κ2) is 11.4. The number of fused-ring (bicyclic) bond motifs is 1.